The van der Waals surface area contributed by atoms with Crippen molar-refractivity contribution in [3.63, 3.8) is 0 Å². The molecule has 0 fully saturated rings. The normalized spacial score (nSPS) is 16.2. The summed E-state index contributed by atoms with van der Waals surface area (Å²) >= 11 is 0. The molecule has 21 nitrogen and oxygen atoms in total. The number of likely N-dealkylation sites (N-methyl/N-ethyl adjacent to an activating group) is 1. The number of ether oxygens (including phenoxy) is 4. The Labute approximate surface area is 487 Å². The molecule has 0 aliphatic carbocycles. The largest absolute Gasteiger partial charge is 0.493 e. The molecule has 4 N–H and O–H groups in total. The third kappa shape index (κ3) is 19.1. The van der Waals surface area contributed by atoms with Gasteiger partial charge in [0.2, 0.25) is 11.8 Å². The lowest BCUT2D eigenvalue weighted by atomic mass is 9.86. The van der Waals surface area contributed by atoms with Gasteiger partial charge < -0.3 is 34.5 Å². The van der Waals surface area contributed by atoms with Crippen LogP contribution in [0.3, 0.4) is 0 Å². The lowest BCUT2D eigenvalue weighted by Gasteiger charge is -2.32. The highest BCUT2D eigenvalue weighted by atomic mass is 32.2. The highest BCUT2D eigenvalue weighted by molar-refractivity contribution is 7.88. The number of carbonyl (C=O) groups is 7. The molecule has 83 heavy (non-hydrogen) atoms. The van der Waals surface area contributed by atoms with Gasteiger partial charge in [0.25, 0.3) is 0 Å². The molecule has 4 aromatic rings. The van der Waals surface area contributed by atoms with E-state index in [1.165, 1.54) is 34.7 Å². The second-order valence-electron chi connectivity index (χ2n) is 23.7. The number of benzene rings is 3. The average Bonchev–Trinajstić information content (AvgIpc) is 3.21. The summed E-state index contributed by atoms with van der Waals surface area (Å²) in [6, 6.07) is 17.0. The summed E-state index contributed by atoms with van der Waals surface area (Å²) in [6.45, 7) is 22.2. The summed E-state index contributed by atoms with van der Waals surface area (Å²) in [5, 5.41) is 14.9. The molecular formula is C61H80N8O13S. The van der Waals surface area contributed by atoms with Crippen LogP contribution >= 0.6 is 0 Å². The van der Waals surface area contributed by atoms with E-state index in [2.05, 4.69) is 46.1 Å². The van der Waals surface area contributed by atoms with Crippen LogP contribution in [0, 0.1) is 37.0 Å². The van der Waals surface area contributed by atoms with Crippen molar-refractivity contribution in [3.8, 4) is 40.1 Å². The quantitative estimate of drug-likeness (QED) is 0.0475. The number of nitrogens with zero attached hydrogens (tertiary/aromatic N) is 4. The lowest BCUT2D eigenvalue weighted by molar-refractivity contribution is -0.142. The molecule has 5 rings (SSSR count). The van der Waals surface area contributed by atoms with E-state index in [9.17, 15) is 37.7 Å². The topological polar surface area (TPSA) is 291 Å². The van der Waals surface area contributed by atoms with Gasteiger partial charge in [0.15, 0.2) is 23.2 Å². The van der Waals surface area contributed by atoms with Crippen molar-refractivity contribution in [1.82, 2.24) is 34.9 Å². The number of hydrogen-bond acceptors (Lipinski definition) is 16. The van der Waals surface area contributed by atoms with Crippen molar-refractivity contribution in [2.75, 3.05) is 33.4 Å². The third-order valence-electron chi connectivity index (χ3n) is 13.2. The molecule has 3 aromatic carbocycles. The molecule has 4 bridgehead atoms. The van der Waals surface area contributed by atoms with E-state index in [0.717, 1.165) is 10.5 Å². The van der Waals surface area contributed by atoms with E-state index in [1.54, 1.807) is 75.7 Å². The summed E-state index contributed by atoms with van der Waals surface area (Å²) in [6.07, 6.45) is -2.77. The number of carbonyl (C=O) groups excluding carboxylic acids is 7. The van der Waals surface area contributed by atoms with E-state index in [4.69, 9.17) is 18.9 Å². The fourth-order valence-corrected chi connectivity index (χ4v) is 9.98. The van der Waals surface area contributed by atoms with Gasteiger partial charge in [0, 0.05) is 61.9 Å². The first kappa shape index (κ1) is 66.0. The van der Waals surface area contributed by atoms with E-state index >= 15 is 9.59 Å². The summed E-state index contributed by atoms with van der Waals surface area (Å²) < 4.78 is 54.2. The first-order chi connectivity index (χ1) is 38.7. The summed E-state index contributed by atoms with van der Waals surface area (Å²) in [5.74, 6) is -4.90. The Morgan fingerprint density at radius 1 is 0.819 bits per heavy atom. The number of rotatable bonds is 20. The molecule has 1 aromatic heterocycles. The van der Waals surface area contributed by atoms with Crippen LogP contribution in [-0.2, 0) is 50.7 Å². The Balaban J connectivity index is 1.65. The smallest absolute Gasteiger partial charge is 0.422 e. The zero-order valence-corrected chi connectivity index (χ0v) is 51.0. The molecule has 0 saturated heterocycles. The minimum Gasteiger partial charge on any atom is -0.493 e. The van der Waals surface area contributed by atoms with Crippen LogP contribution in [-0.4, -0.2) is 115 Å². The number of aromatic nitrogens is 2. The summed E-state index contributed by atoms with van der Waals surface area (Å²) in [5.41, 5.74) is 2.10. The Kier molecular flexibility index (Phi) is 22.3. The van der Waals surface area contributed by atoms with Gasteiger partial charge in [-0.25, -0.2) is 24.3 Å². The molecule has 4 amide bonds. The SMILES string of the molecule is CCCOc1ccc2cc1-c1cc(ccc1OCCNC(=O)OC(C)(C)C)C[C@@H](C(=O)CCC#N)NC(=O)[C@H](C)CC(=O)[C@H]2N(C)C(=O)[C@H](CNS(=O)(=O)NC(=O)OC(C)(C)C)CC(=O)c1c(C)nc(-c2ccc(C(C)(C)C)cc2)nc1C. The Morgan fingerprint density at radius 3 is 2.00 bits per heavy atom. The Morgan fingerprint density at radius 2 is 1.41 bits per heavy atom. The van der Waals surface area contributed by atoms with Gasteiger partial charge >= 0.3 is 22.4 Å². The third-order valence-corrected chi connectivity index (χ3v) is 14.2. The van der Waals surface area contributed by atoms with Crippen molar-refractivity contribution >= 4 is 51.6 Å². The number of Topliss-reactive ketones (excluding diaryl/α,β-unsaturated/α-hetero) is 3. The Bertz CT molecular complexity index is 3190. The number of nitriles is 1. The number of hydrogen-bond donors (Lipinski definition) is 4. The molecule has 0 saturated carbocycles. The first-order valence-corrected chi connectivity index (χ1v) is 29.2. The molecule has 0 spiro atoms. The van der Waals surface area contributed by atoms with Gasteiger partial charge in [-0.2, -0.15) is 18.4 Å². The van der Waals surface area contributed by atoms with Gasteiger partial charge in [-0.15, -0.1) is 0 Å². The highest BCUT2D eigenvalue weighted by Crippen LogP contribution is 2.41. The molecule has 0 radical (unpaired) electrons. The number of ketones is 3. The number of fused-ring (bicyclic) bond motifs is 5. The zero-order chi connectivity index (χ0) is 61.8. The highest BCUT2D eigenvalue weighted by Gasteiger charge is 2.38. The van der Waals surface area contributed by atoms with Crippen LogP contribution in [0.25, 0.3) is 22.5 Å². The van der Waals surface area contributed by atoms with Gasteiger partial charge in [0.1, 0.15) is 35.3 Å². The maximum atomic E-state index is 15.4. The molecular weight excluding hydrogens is 1080 g/mol. The fourth-order valence-electron chi connectivity index (χ4n) is 9.23. The van der Waals surface area contributed by atoms with Gasteiger partial charge in [0.05, 0.1) is 48.1 Å². The monoisotopic (exact) mass is 1160 g/mol. The van der Waals surface area contributed by atoms with E-state index in [-0.39, 0.29) is 72.7 Å². The Hall–Kier alpha value is -7.77. The average molecular weight is 1170 g/mol. The van der Waals surface area contributed by atoms with Crippen LogP contribution in [0.2, 0.25) is 0 Å². The predicted molar refractivity (Wildman–Crippen MR) is 312 cm³/mol. The zero-order valence-electron chi connectivity index (χ0n) is 50.2. The maximum absolute atomic E-state index is 15.4. The van der Waals surface area contributed by atoms with Crippen LogP contribution < -0.4 is 29.6 Å². The standard InChI is InChI=1S/C61H80N8O13S/c1-15-28-79-51-25-21-41-33-45(51)44-31-39(18-24-50(44)80-29-27-63-57(75)81-60(8,9)10)32-46(47(70)17-16-26-62)67-55(73)36(2)30-49(72)53(41)69(14)56(74)42(35-64-83(77,78)68-58(76)82-61(11,12)13)34-48(71)52-37(3)65-54(66-38(52)4)40-19-22-43(23-20-40)59(5,6)7/h18-25,31,33,36,42,46,53,64H,15-17,27-30,32,34-35H2,1-14H3,(H,63,75)(H,67,73)(H,68,76)/t36-,42+,46+,53+/m1/s1. The van der Waals surface area contributed by atoms with Gasteiger partial charge in [-0.1, -0.05) is 71.0 Å². The van der Waals surface area contributed by atoms with E-state index in [1.807, 2.05) is 37.3 Å². The number of nitrogens with one attached hydrogen (secondary N) is 4. The lowest BCUT2D eigenvalue weighted by Crippen LogP contribution is -2.48. The molecule has 2 heterocycles. The fraction of sp³-hybridized carbons (Fsp3) is 0.508. The van der Waals surface area contributed by atoms with Crippen LogP contribution in [0.15, 0.2) is 60.7 Å². The minimum absolute atomic E-state index is 0.00716. The summed E-state index contributed by atoms with van der Waals surface area (Å²) in [4.78, 5) is 109. The maximum Gasteiger partial charge on any atom is 0.422 e. The number of alkyl carbamates (subject to hydrolysis) is 1. The number of amides is 4. The summed E-state index contributed by atoms with van der Waals surface area (Å²) in [7, 11) is -3.44. The predicted octanol–water partition coefficient (Wildman–Crippen LogP) is 8.67. The van der Waals surface area contributed by atoms with Gasteiger partial charge in [-0.05, 0) is 115 Å². The van der Waals surface area contributed by atoms with Crippen molar-refractivity contribution in [3.05, 3.63) is 94.3 Å². The van der Waals surface area contributed by atoms with E-state index < -0.39 is 106 Å². The second kappa shape index (κ2) is 28.0. The minimum atomic E-state index is -4.76. The van der Waals surface area contributed by atoms with Crippen LogP contribution in [0.5, 0.6) is 11.5 Å². The van der Waals surface area contributed by atoms with Crippen molar-refractivity contribution < 1.29 is 60.9 Å². The first-order valence-electron chi connectivity index (χ1n) is 27.7. The molecule has 1 aliphatic heterocycles. The van der Waals surface area contributed by atoms with Crippen LogP contribution in [0.1, 0.15) is 153 Å². The van der Waals surface area contributed by atoms with E-state index in [0.29, 0.717) is 40.2 Å². The second-order valence-corrected chi connectivity index (χ2v) is 25.2. The van der Waals surface area contributed by atoms with Crippen molar-refractivity contribution in [2.24, 2.45) is 11.8 Å². The molecule has 22 heteroatoms. The van der Waals surface area contributed by atoms with Crippen LogP contribution in [0.4, 0.5) is 9.59 Å². The van der Waals surface area contributed by atoms with Crippen molar-refractivity contribution in [2.45, 2.75) is 157 Å². The van der Waals surface area contributed by atoms with Crippen molar-refractivity contribution in [1.29, 1.82) is 5.26 Å². The molecule has 1 aliphatic rings. The van der Waals surface area contributed by atoms with Gasteiger partial charge in [-0.3, -0.25) is 24.0 Å². The molecule has 448 valence electrons. The molecule has 4 atom stereocenters. The molecule has 0 unspecified atom stereocenters. The number of aryl methyl sites for hydroxylation is 2.